The first kappa shape index (κ1) is 13.2. The Labute approximate surface area is 113 Å². The fourth-order valence-electron chi connectivity index (χ4n) is 2.93. The monoisotopic (exact) mass is 271 g/mol. The van der Waals surface area contributed by atoms with Gasteiger partial charge in [0.25, 0.3) is 0 Å². The number of hydrogen-bond acceptors (Lipinski definition) is 1. The minimum absolute atomic E-state index is 0.325. The first-order chi connectivity index (χ1) is 7.95. The Kier molecular flexibility index (Phi) is 3.72. The van der Waals surface area contributed by atoms with Crippen LogP contribution in [-0.4, -0.2) is 0 Å². The van der Waals surface area contributed by atoms with Crippen molar-refractivity contribution < 1.29 is 0 Å². The lowest BCUT2D eigenvalue weighted by Gasteiger charge is -2.42. The Morgan fingerprint density at radius 3 is 2.65 bits per heavy atom. The number of hydrogen-bond donors (Lipinski definition) is 1. The molecule has 0 saturated heterocycles. The van der Waals surface area contributed by atoms with E-state index >= 15 is 0 Å². The fourth-order valence-corrected chi connectivity index (χ4v) is 3.40. The van der Waals surface area contributed by atoms with Gasteiger partial charge in [0, 0.05) is 5.54 Å². The molecule has 1 fully saturated rings. The van der Waals surface area contributed by atoms with Gasteiger partial charge in [-0.1, -0.05) is 49.2 Å². The van der Waals surface area contributed by atoms with E-state index in [1.54, 1.807) is 0 Å². The molecule has 0 amide bonds. The summed E-state index contributed by atoms with van der Waals surface area (Å²) in [6.45, 7) is 4.50. The number of benzene rings is 1. The molecular weight excluding hydrogens is 253 g/mol. The highest BCUT2D eigenvalue weighted by molar-refractivity contribution is 6.42. The van der Waals surface area contributed by atoms with Crippen LogP contribution in [-0.2, 0) is 5.54 Å². The first-order valence-corrected chi connectivity index (χ1v) is 6.94. The predicted molar refractivity (Wildman–Crippen MR) is 74.5 cm³/mol. The summed E-state index contributed by atoms with van der Waals surface area (Å²) in [5.74, 6) is 1.18. The van der Waals surface area contributed by atoms with E-state index in [0.717, 1.165) is 30.7 Å². The smallest absolute Gasteiger partial charge is 0.0642 e. The summed E-state index contributed by atoms with van der Waals surface area (Å²) in [7, 11) is 0. The van der Waals surface area contributed by atoms with E-state index in [2.05, 4.69) is 13.8 Å². The van der Waals surface area contributed by atoms with Crippen molar-refractivity contribution in [1.29, 1.82) is 0 Å². The predicted octanol–water partition coefficient (Wildman–Crippen LogP) is 4.60. The van der Waals surface area contributed by atoms with Gasteiger partial charge in [-0.15, -0.1) is 0 Å². The van der Waals surface area contributed by atoms with E-state index in [9.17, 15) is 0 Å². The summed E-state index contributed by atoms with van der Waals surface area (Å²) in [6.07, 6.45) is 3.29. The molecule has 0 radical (unpaired) electrons. The third kappa shape index (κ3) is 2.33. The maximum atomic E-state index is 6.61. The van der Waals surface area contributed by atoms with Crippen molar-refractivity contribution in [2.75, 3.05) is 0 Å². The van der Waals surface area contributed by atoms with Crippen LogP contribution in [0.25, 0.3) is 0 Å². The van der Waals surface area contributed by atoms with E-state index in [-0.39, 0.29) is 5.54 Å². The van der Waals surface area contributed by atoms with Gasteiger partial charge in [-0.2, -0.15) is 0 Å². The van der Waals surface area contributed by atoms with Crippen LogP contribution in [0.4, 0.5) is 0 Å². The molecule has 1 aliphatic rings. The van der Waals surface area contributed by atoms with E-state index in [4.69, 9.17) is 28.9 Å². The van der Waals surface area contributed by atoms with Gasteiger partial charge in [0.15, 0.2) is 0 Å². The van der Waals surface area contributed by atoms with Gasteiger partial charge in [0.1, 0.15) is 0 Å². The molecule has 1 aromatic rings. The lowest BCUT2D eigenvalue weighted by atomic mass is 9.67. The first-order valence-electron chi connectivity index (χ1n) is 6.18. The molecular formula is C14H19Cl2N. The number of rotatable bonds is 1. The van der Waals surface area contributed by atoms with Crippen molar-refractivity contribution in [3.8, 4) is 0 Å². The molecule has 94 valence electrons. The molecule has 17 heavy (non-hydrogen) atoms. The van der Waals surface area contributed by atoms with Gasteiger partial charge >= 0.3 is 0 Å². The average molecular weight is 272 g/mol. The van der Waals surface area contributed by atoms with Crippen molar-refractivity contribution in [3.05, 3.63) is 33.8 Å². The zero-order valence-corrected chi connectivity index (χ0v) is 11.9. The molecule has 3 atom stereocenters. The Bertz CT molecular complexity index is 419. The minimum Gasteiger partial charge on any atom is -0.321 e. The topological polar surface area (TPSA) is 26.0 Å². The standard InChI is InChI=1S/C14H19Cl2N/c1-9-6-7-14(17,10(2)8-9)11-4-3-5-12(15)13(11)16/h3-5,9-10H,6-8,17H2,1-2H3. The number of halogens is 2. The average Bonchev–Trinajstić information content (AvgIpc) is 2.28. The summed E-state index contributed by atoms with van der Waals surface area (Å²) >= 11 is 12.4. The lowest BCUT2D eigenvalue weighted by Crippen LogP contribution is -2.46. The highest BCUT2D eigenvalue weighted by atomic mass is 35.5. The molecule has 1 nitrogen and oxygen atoms in total. The Morgan fingerprint density at radius 1 is 1.29 bits per heavy atom. The van der Waals surface area contributed by atoms with E-state index in [0.29, 0.717) is 16.0 Å². The quantitative estimate of drug-likeness (QED) is 0.794. The maximum absolute atomic E-state index is 6.61. The third-order valence-electron chi connectivity index (χ3n) is 4.14. The van der Waals surface area contributed by atoms with Gasteiger partial charge < -0.3 is 5.73 Å². The second-order valence-electron chi connectivity index (χ2n) is 5.42. The fraction of sp³-hybridized carbons (Fsp3) is 0.571. The molecule has 1 saturated carbocycles. The van der Waals surface area contributed by atoms with Crippen LogP contribution in [0.5, 0.6) is 0 Å². The molecule has 1 aliphatic carbocycles. The van der Waals surface area contributed by atoms with Gasteiger partial charge in [-0.05, 0) is 42.7 Å². The summed E-state index contributed by atoms with van der Waals surface area (Å²) in [5, 5.41) is 1.22. The summed E-state index contributed by atoms with van der Waals surface area (Å²) in [5.41, 5.74) is 7.29. The van der Waals surface area contributed by atoms with Crippen LogP contribution in [0.15, 0.2) is 18.2 Å². The third-order valence-corrected chi connectivity index (χ3v) is 4.96. The maximum Gasteiger partial charge on any atom is 0.0642 e. The summed E-state index contributed by atoms with van der Waals surface area (Å²) < 4.78 is 0. The molecule has 0 aliphatic heterocycles. The largest absolute Gasteiger partial charge is 0.321 e. The zero-order chi connectivity index (χ0) is 12.6. The molecule has 0 spiro atoms. The molecule has 3 heteroatoms. The molecule has 2 rings (SSSR count). The molecule has 1 aromatic carbocycles. The van der Waals surface area contributed by atoms with Gasteiger partial charge in [-0.3, -0.25) is 0 Å². The molecule has 0 heterocycles. The van der Waals surface area contributed by atoms with Crippen molar-refractivity contribution in [2.24, 2.45) is 17.6 Å². The van der Waals surface area contributed by atoms with Crippen molar-refractivity contribution in [3.63, 3.8) is 0 Å². The number of nitrogens with two attached hydrogens (primary N) is 1. The SMILES string of the molecule is CC1CCC(N)(c2cccc(Cl)c2Cl)C(C)C1. The van der Waals surface area contributed by atoms with Crippen LogP contribution in [0.1, 0.15) is 38.7 Å². The normalized spacial score (nSPS) is 33.7. The Hall–Kier alpha value is -0.240. The van der Waals surface area contributed by atoms with E-state index < -0.39 is 0 Å². The Balaban J connectivity index is 2.41. The highest BCUT2D eigenvalue weighted by Gasteiger charge is 2.39. The minimum atomic E-state index is -0.325. The lowest BCUT2D eigenvalue weighted by molar-refractivity contribution is 0.164. The van der Waals surface area contributed by atoms with Crippen molar-refractivity contribution in [1.82, 2.24) is 0 Å². The van der Waals surface area contributed by atoms with Crippen LogP contribution in [0, 0.1) is 11.8 Å². The van der Waals surface area contributed by atoms with E-state index in [1.807, 2.05) is 18.2 Å². The second kappa shape index (κ2) is 4.79. The van der Waals surface area contributed by atoms with Crippen LogP contribution < -0.4 is 5.73 Å². The summed E-state index contributed by atoms with van der Waals surface area (Å²) in [6, 6.07) is 5.76. The van der Waals surface area contributed by atoms with Crippen molar-refractivity contribution in [2.45, 2.75) is 38.6 Å². The van der Waals surface area contributed by atoms with Gasteiger partial charge in [0.2, 0.25) is 0 Å². The van der Waals surface area contributed by atoms with Gasteiger partial charge in [-0.25, -0.2) is 0 Å². The molecule has 0 aromatic heterocycles. The van der Waals surface area contributed by atoms with Crippen molar-refractivity contribution >= 4 is 23.2 Å². The highest BCUT2D eigenvalue weighted by Crippen LogP contribution is 2.45. The summed E-state index contributed by atoms with van der Waals surface area (Å²) in [4.78, 5) is 0. The van der Waals surface area contributed by atoms with Gasteiger partial charge in [0.05, 0.1) is 10.0 Å². The van der Waals surface area contributed by atoms with Crippen LogP contribution >= 0.6 is 23.2 Å². The Morgan fingerprint density at radius 2 is 2.00 bits per heavy atom. The molecule has 0 bridgehead atoms. The van der Waals surface area contributed by atoms with Crippen LogP contribution in [0.3, 0.4) is 0 Å². The zero-order valence-electron chi connectivity index (χ0n) is 10.3. The van der Waals surface area contributed by atoms with Crippen LogP contribution in [0.2, 0.25) is 10.0 Å². The second-order valence-corrected chi connectivity index (χ2v) is 6.21. The van der Waals surface area contributed by atoms with E-state index in [1.165, 1.54) is 0 Å². The molecule has 2 N–H and O–H groups in total. The molecule has 3 unspecified atom stereocenters.